The van der Waals surface area contributed by atoms with Crippen LogP contribution in [0, 0.1) is 5.82 Å². The minimum absolute atomic E-state index is 0.283. The molecule has 0 fully saturated rings. The fourth-order valence-electron chi connectivity index (χ4n) is 3.34. The summed E-state index contributed by atoms with van der Waals surface area (Å²) >= 11 is 6.32. The lowest BCUT2D eigenvalue weighted by atomic mass is 10.1. The topological polar surface area (TPSA) is 54.5 Å². The van der Waals surface area contributed by atoms with Gasteiger partial charge in [-0.1, -0.05) is 17.7 Å². The summed E-state index contributed by atoms with van der Waals surface area (Å²) in [4.78, 5) is 16.8. The van der Waals surface area contributed by atoms with Crippen molar-refractivity contribution in [1.29, 1.82) is 0 Å². The van der Waals surface area contributed by atoms with E-state index >= 15 is 0 Å². The van der Waals surface area contributed by atoms with Crippen molar-refractivity contribution in [1.82, 2.24) is 19.9 Å². The first kappa shape index (κ1) is 16.8. The fourth-order valence-corrected chi connectivity index (χ4v) is 3.58. The van der Waals surface area contributed by atoms with Crippen LogP contribution in [-0.2, 0) is 6.42 Å². The first-order valence-corrected chi connectivity index (χ1v) is 9.18. The molecule has 0 aliphatic heterocycles. The summed E-state index contributed by atoms with van der Waals surface area (Å²) in [7, 11) is 0. The third kappa shape index (κ3) is 2.90. The van der Waals surface area contributed by atoms with Crippen molar-refractivity contribution < 1.29 is 4.39 Å². The number of nitrogens with zero attached hydrogens (tertiary/aromatic N) is 3. The van der Waals surface area contributed by atoms with Gasteiger partial charge in [0.25, 0.3) is 0 Å². The molecule has 1 aliphatic rings. The molecule has 28 heavy (non-hydrogen) atoms. The van der Waals surface area contributed by atoms with Crippen molar-refractivity contribution in [2.45, 2.75) is 6.42 Å². The Balaban J connectivity index is 1.69. The van der Waals surface area contributed by atoms with E-state index in [1.807, 2.05) is 30.5 Å². The lowest BCUT2D eigenvalue weighted by Crippen LogP contribution is -1.92. The van der Waals surface area contributed by atoms with Gasteiger partial charge in [0.05, 0.1) is 17.1 Å². The highest BCUT2D eigenvalue weighted by atomic mass is 35.5. The molecule has 3 heterocycles. The molecule has 0 radical (unpaired) electrons. The van der Waals surface area contributed by atoms with E-state index in [2.05, 4.69) is 15.0 Å². The van der Waals surface area contributed by atoms with Crippen molar-refractivity contribution in [3.63, 3.8) is 0 Å². The van der Waals surface area contributed by atoms with Crippen LogP contribution in [0.1, 0.15) is 11.3 Å². The summed E-state index contributed by atoms with van der Waals surface area (Å²) in [6.07, 6.45) is 7.99. The van der Waals surface area contributed by atoms with Crippen LogP contribution in [0.4, 0.5) is 4.39 Å². The summed E-state index contributed by atoms with van der Waals surface area (Å²) in [5, 5.41) is 0.712. The summed E-state index contributed by atoms with van der Waals surface area (Å²) in [5.74, 6) is 0.373. The van der Waals surface area contributed by atoms with Crippen molar-refractivity contribution in [2.75, 3.05) is 0 Å². The first-order valence-electron chi connectivity index (χ1n) is 8.81. The maximum Gasteiger partial charge on any atom is 0.138 e. The number of hydrogen-bond donors (Lipinski definition) is 1. The number of aromatic amines is 1. The van der Waals surface area contributed by atoms with Crippen molar-refractivity contribution >= 4 is 16.6 Å². The number of allylic oxidation sites excluding steroid dienone is 1. The van der Waals surface area contributed by atoms with Crippen LogP contribution in [0.15, 0.2) is 67.1 Å². The van der Waals surface area contributed by atoms with Crippen LogP contribution in [-0.4, -0.2) is 19.9 Å². The number of fused-ring (bicyclic) bond motifs is 1. The van der Waals surface area contributed by atoms with Crippen LogP contribution in [0.3, 0.4) is 0 Å². The van der Waals surface area contributed by atoms with Crippen LogP contribution < -0.4 is 0 Å². The van der Waals surface area contributed by atoms with Crippen LogP contribution in [0.2, 0.25) is 0 Å². The fraction of sp³-hybridized carbons (Fsp3) is 0.0455. The van der Waals surface area contributed by atoms with E-state index in [0.29, 0.717) is 10.9 Å². The molecule has 0 spiro atoms. The molecule has 1 N–H and O–H groups in total. The second-order valence-corrected chi connectivity index (χ2v) is 6.93. The Bertz CT molecular complexity index is 1200. The Kier molecular flexibility index (Phi) is 4.02. The second kappa shape index (κ2) is 6.69. The van der Waals surface area contributed by atoms with Gasteiger partial charge in [0.2, 0.25) is 0 Å². The van der Waals surface area contributed by atoms with Gasteiger partial charge in [-0.15, -0.1) is 0 Å². The molecule has 136 valence electrons. The van der Waals surface area contributed by atoms with Crippen LogP contribution in [0.5, 0.6) is 0 Å². The van der Waals surface area contributed by atoms with Crippen LogP contribution in [0.25, 0.3) is 38.9 Å². The molecule has 5 rings (SSSR count). The predicted molar refractivity (Wildman–Crippen MR) is 108 cm³/mol. The lowest BCUT2D eigenvalue weighted by molar-refractivity contribution is 0.628. The van der Waals surface area contributed by atoms with Gasteiger partial charge in [-0.3, -0.25) is 9.97 Å². The number of pyridine rings is 2. The van der Waals surface area contributed by atoms with Gasteiger partial charge in [0, 0.05) is 52.3 Å². The maximum atomic E-state index is 13.3. The molecular formula is C22H14ClFN4. The predicted octanol–water partition coefficient (Wildman–Crippen LogP) is 5.48. The van der Waals surface area contributed by atoms with Crippen molar-refractivity contribution in [3.05, 3.63) is 84.2 Å². The number of aromatic nitrogens is 4. The number of nitrogens with one attached hydrogen (secondary N) is 1. The molecule has 4 nitrogen and oxygen atoms in total. The highest BCUT2D eigenvalue weighted by Crippen LogP contribution is 2.36. The Labute approximate surface area is 165 Å². The maximum absolute atomic E-state index is 13.3. The normalized spacial score (nSPS) is 12.7. The molecule has 0 saturated carbocycles. The van der Waals surface area contributed by atoms with Gasteiger partial charge >= 0.3 is 0 Å². The van der Waals surface area contributed by atoms with Gasteiger partial charge < -0.3 is 4.98 Å². The molecule has 1 aromatic carbocycles. The Morgan fingerprint density at radius 3 is 2.54 bits per heavy atom. The first-order chi connectivity index (χ1) is 13.7. The Morgan fingerprint density at radius 2 is 1.75 bits per heavy atom. The highest BCUT2D eigenvalue weighted by molar-refractivity contribution is 6.49. The van der Waals surface area contributed by atoms with Gasteiger partial charge in [-0.05, 0) is 42.5 Å². The zero-order chi connectivity index (χ0) is 19.1. The second-order valence-electron chi connectivity index (χ2n) is 6.53. The largest absolute Gasteiger partial charge is 0.337 e. The number of hydrogen-bond acceptors (Lipinski definition) is 3. The molecule has 6 heteroatoms. The number of rotatable bonds is 3. The monoisotopic (exact) mass is 388 g/mol. The highest BCUT2D eigenvalue weighted by Gasteiger charge is 2.19. The van der Waals surface area contributed by atoms with E-state index in [0.717, 1.165) is 45.8 Å². The third-order valence-electron chi connectivity index (χ3n) is 4.77. The van der Waals surface area contributed by atoms with E-state index in [1.54, 1.807) is 24.5 Å². The van der Waals surface area contributed by atoms with E-state index in [9.17, 15) is 4.39 Å². The van der Waals surface area contributed by atoms with Gasteiger partial charge in [0.15, 0.2) is 0 Å². The number of imidazole rings is 1. The quantitative estimate of drug-likeness (QED) is 0.506. The average molecular weight is 389 g/mol. The zero-order valence-corrected chi connectivity index (χ0v) is 15.4. The summed E-state index contributed by atoms with van der Waals surface area (Å²) in [6, 6.07) is 12.1. The molecule has 0 amide bonds. The smallest absolute Gasteiger partial charge is 0.138 e. The molecular weight excluding hydrogens is 375 g/mol. The summed E-state index contributed by atoms with van der Waals surface area (Å²) in [6.45, 7) is 0. The van der Waals surface area contributed by atoms with Gasteiger partial charge in [-0.25, -0.2) is 9.37 Å². The molecule has 0 unspecified atom stereocenters. The lowest BCUT2D eigenvalue weighted by Gasteiger charge is -2.05. The van der Waals surface area contributed by atoms with Crippen molar-refractivity contribution in [2.24, 2.45) is 0 Å². The van der Waals surface area contributed by atoms with E-state index in [-0.39, 0.29) is 5.82 Å². The Morgan fingerprint density at radius 1 is 0.964 bits per heavy atom. The minimum atomic E-state index is -0.283. The molecule has 0 bridgehead atoms. The number of benzene rings is 1. The SMILES string of the molecule is Fc1ccc(-c2nc(-c3cnc4c(c3)C(Cl)=CC4)c(-c3ccncc3)[nH]2)cc1. The summed E-state index contributed by atoms with van der Waals surface area (Å²) in [5.41, 5.74) is 6.13. The van der Waals surface area contributed by atoms with E-state index in [4.69, 9.17) is 16.6 Å². The van der Waals surface area contributed by atoms with Crippen LogP contribution >= 0.6 is 11.6 Å². The Hall–Kier alpha value is -3.31. The van der Waals surface area contributed by atoms with E-state index < -0.39 is 0 Å². The minimum Gasteiger partial charge on any atom is -0.337 e. The average Bonchev–Trinajstić information content (AvgIpc) is 3.33. The van der Waals surface area contributed by atoms with Crippen molar-refractivity contribution in [3.8, 4) is 33.9 Å². The van der Waals surface area contributed by atoms with Gasteiger partial charge in [-0.2, -0.15) is 0 Å². The standard InChI is InChI=1S/C22H14ClFN4/c23-18-5-6-19-17(18)11-15(12-26-19)21-20(13-7-9-25-10-8-13)27-22(28-21)14-1-3-16(24)4-2-14/h1-5,7-12H,6H2,(H,27,28). The molecule has 3 aromatic heterocycles. The summed E-state index contributed by atoms with van der Waals surface area (Å²) < 4.78 is 13.3. The zero-order valence-electron chi connectivity index (χ0n) is 14.7. The van der Waals surface area contributed by atoms with E-state index in [1.165, 1.54) is 12.1 Å². The molecule has 1 aliphatic carbocycles. The number of halogens is 2. The van der Waals surface area contributed by atoms with Gasteiger partial charge in [0.1, 0.15) is 11.6 Å². The molecule has 4 aromatic rings. The molecule has 0 atom stereocenters. The number of H-pyrrole nitrogens is 1. The molecule has 0 saturated heterocycles. The third-order valence-corrected chi connectivity index (χ3v) is 5.12.